The summed E-state index contributed by atoms with van der Waals surface area (Å²) in [5.41, 5.74) is 3.68. The monoisotopic (exact) mass is 364 g/mol. The minimum Gasteiger partial charge on any atom is -0.356 e. The zero-order chi connectivity index (χ0) is 18.9. The number of carbonyl (C=O) groups is 1. The first-order valence-corrected chi connectivity index (χ1v) is 9.58. The summed E-state index contributed by atoms with van der Waals surface area (Å²) in [4.78, 5) is 17.9. The molecule has 1 aliphatic heterocycles. The maximum Gasteiger partial charge on any atom is 0.222 e. The van der Waals surface area contributed by atoms with E-state index in [0.29, 0.717) is 13.0 Å². The molecule has 0 aromatic heterocycles. The van der Waals surface area contributed by atoms with Gasteiger partial charge in [0.25, 0.3) is 0 Å². The molecular formula is C22H28N4O. The van der Waals surface area contributed by atoms with Crippen molar-refractivity contribution in [2.75, 3.05) is 20.1 Å². The van der Waals surface area contributed by atoms with Gasteiger partial charge >= 0.3 is 0 Å². The van der Waals surface area contributed by atoms with Crippen LogP contribution in [-0.2, 0) is 24.3 Å². The van der Waals surface area contributed by atoms with Crippen molar-refractivity contribution >= 4 is 11.9 Å². The number of nitrogens with zero attached hydrogens (tertiary/aromatic N) is 2. The Morgan fingerprint density at radius 3 is 2.41 bits per heavy atom. The lowest BCUT2D eigenvalue weighted by Gasteiger charge is -2.16. The van der Waals surface area contributed by atoms with Crippen molar-refractivity contribution in [2.45, 2.75) is 32.4 Å². The number of rotatable bonds is 7. The molecule has 2 N–H and O–H groups in total. The van der Waals surface area contributed by atoms with Crippen LogP contribution < -0.4 is 10.6 Å². The Hall–Kier alpha value is -2.82. The van der Waals surface area contributed by atoms with Crippen molar-refractivity contribution in [3.8, 4) is 0 Å². The molecule has 0 bridgehead atoms. The number of hydrogen-bond acceptors (Lipinski definition) is 2. The first-order chi connectivity index (χ1) is 13.2. The van der Waals surface area contributed by atoms with E-state index in [1.54, 1.807) is 7.05 Å². The Labute approximate surface area is 161 Å². The van der Waals surface area contributed by atoms with Gasteiger partial charge in [0.2, 0.25) is 5.91 Å². The van der Waals surface area contributed by atoms with Crippen molar-refractivity contribution in [1.82, 2.24) is 15.5 Å². The molecule has 0 saturated carbocycles. The number of likely N-dealkylation sites (tertiary alicyclic amines) is 1. The van der Waals surface area contributed by atoms with Crippen LogP contribution in [0, 0.1) is 0 Å². The smallest absolute Gasteiger partial charge is 0.222 e. The second-order valence-electron chi connectivity index (χ2n) is 6.82. The topological polar surface area (TPSA) is 56.7 Å². The largest absolute Gasteiger partial charge is 0.356 e. The molecule has 1 amide bonds. The van der Waals surface area contributed by atoms with Gasteiger partial charge in [-0.05, 0) is 29.5 Å². The van der Waals surface area contributed by atoms with Crippen LogP contribution in [0.4, 0.5) is 0 Å². The number of amides is 1. The van der Waals surface area contributed by atoms with Gasteiger partial charge in [0, 0.05) is 39.6 Å². The summed E-state index contributed by atoms with van der Waals surface area (Å²) in [5, 5.41) is 6.69. The van der Waals surface area contributed by atoms with E-state index in [2.05, 4.69) is 64.2 Å². The highest BCUT2D eigenvalue weighted by molar-refractivity contribution is 5.79. The number of benzene rings is 2. The Morgan fingerprint density at radius 2 is 1.74 bits per heavy atom. The standard InChI is InChI=1S/C22H28N4O/c1-23-22(24-14-13-18-6-3-2-4-7-18)25-16-19-9-11-20(12-10-19)17-26-15-5-8-21(26)27/h2-4,6-7,9-12H,5,8,13-17H2,1H3,(H2,23,24,25). The molecule has 5 heteroatoms. The third-order valence-electron chi connectivity index (χ3n) is 4.80. The third-order valence-corrected chi connectivity index (χ3v) is 4.80. The molecule has 3 rings (SSSR count). The second-order valence-corrected chi connectivity index (χ2v) is 6.82. The molecule has 0 radical (unpaired) electrons. The summed E-state index contributed by atoms with van der Waals surface area (Å²) in [6.07, 6.45) is 2.64. The average molecular weight is 364 g/mol. The van der Waals surface area contributed by atoms with Crippen LogP contribution in [0.5, 0.6) is 0 Å². The van der Waals surface area contributed by atoms with Crippen LogP contribution >= 0.6 is 0 Å². The fourth-order valence-corrected chi connectivity index (χ4v) is 3.23. The zero-order valence-electron chi connectivity index (χ0n) is 15.9. The molecule has 0 spiro atoms. The lowest BCUT2D eigenvalue weighted by molar-refractivity contribution is -0.128. The van der Waals surface area contributed by atoms with Crippen molar-refractivity contribution in [1.29, 1.82) is 0 Å². The van der Waals surface area contributed by atoms with Gasteiger partial charge in [-0.1, -0.05) is 54.6 Å². The van der Waals surface area contributed by atoms with E-state index in [-0.39, 0.29) is 5.91 Å². The van der Waals surface area contributed by atoms with Crippen LogP contribution in [0.1, 0.15) is 29.5 Å². The predicted molar refractivity (Wildman–Crippen MR) is 109 cm³/mol. The predicted octanol–water partition coefficient (Wildman–Crippen LogP) is 2.72. The molecule has 0 unspecified atom stereocenters. The summed E-state index contributed by atoms with van der Waals surface area (Å²) in [6, 6.07) is 18.9. The first-order valence-electron chi connectivity index (χ1n) is 9.58. The number of nitrogens with one attached hydrogen (secondary N) is 2. The minimum absolute atomic E-state index is 0.270. The summed E-state index contributed by atoms with van der Waals surface area (Å²) >= 11 is 0. The van der Waals surface area contributed by atoms with Crippen LogP contribution in [0.3, 0.4) is 0 Å². The van der Waals surface area contributed by atoms with Gasteiger partial charge in [-0.15, -0.1) is 0 Å². The Kier molecular flexibility index (Phi) is 6.85. The molecule has 0 atom stereocenters. The quantitative estimate of drug-likeness (QED) is 0.587. The molecular weight excluding hydrogens is 336 g/mol. The van der Waals surface area contributed by atoms with Crippen LogP contribution in [-0.4, -0.2) is 36.9 Å². The number of carbonyl (C=O) groups excluding carboxylic acids is 1. The van der Waals surface area contributed by atoms with E-state index < -0.39 is 0 Å². The van der Waals surface area contributed by atoms with Gasteiger partial charge in [0.05, 0.1) is 0 Å². The van der Waals surface area contributed by atoms with Gasteiger partial charge in [-0.25, -0.2) is 0 Å². The highest BCUT2D eigenvalue weighted by Crippen LogP contribution is 2.14. The highest BCUT2D eigenvalue weighted by Gasteiger charge is 2.19. The summed E-state index contributed by atoms with van der Waals surface area (Å²) < 4.78 is 0. The van der Waals surface area contributed by atoms with Gasteiger partial charge < -0.3 is 15.5 Å². The normalized spacial score (nSPS) is 14.5. The summed E-state index contributed by atoms with van der Waals surface area (Å²) in [6.45, 7) is 3.16. The van der Waals surface area contributed by atoms with Gasteiger partial charge in [-0.3, -0.25) is 9.79 Å². The lowest BCUT2D eigenvalue weighted by atomic mass is 10.1. The fraction of sp³-hybridized carbons (Fsp3) is 0.364. The Balaban J connectivity index is 1.42. The number of hydrogen-bond donors (Lipinski definition) is 2. The molecule has 1 saturated heterocycles. The van der Waals surface area contributed by atoms with Crippen molar-refractivity contribution < 1.29 is 4.79 Å². The van der Waals surface area contributed by atoms with Crippen LogP contribution in [0.2, 0.25) is 0 Å². The molecule has 1 heterocycles. The molecule has 1 fully saturated rings. The van der Waals surface area contributed by atoms with Crippen LogP contribution in [0.15, 0.2) is 59.6 Å². The van der Waals surface area contributed by atoms with E-state index in [1.807, 2.05) is 11.0 Å². The van der Waals surface area contributed by atoms with E-state index in [9.17, 15) is 4.79 Å². The minimum atomic E-state index is 0.270. The van der Waals surface area contributed by atoms with Crippen molar-refractivity contribution in [3.63, 3.8) is 0 Å². The van der Waals surface area contributed by atoms with E-state index in [4.69, 9.17) is 0 Å². The maximum absolute atomic E-state index is 11.7. The van der Waals surface area contributed by atoms with Gasteiger partial charge in [0.1, 0.15) is 0 Å². The Morgan fingerprint density at radius 1 is 1.00 bits per heavy atom. The molecule has 0 aliphatic carbocycles. The highest BCUT2D eigenvalue weighted by atomic mass is 16.2. The van der Waals surface area contributed by atoms with Crippen molar-refractivity contribution in [2.24, 2.45) is 4.99 Å². The Bertz CT molecular complexity index is 756. The maximum atomic E-state index is 11.7. The number of aliphatic imine (C=N–C) groups is 1. The van der Waals surface area contributed by atoms with Gasteiger partial charge in [-0.2, -0.15) is 0 Å². The molecule has 2 aromatic rings. The molecule has 27 heavy (non-hydrogen) atoms. The zero-order valence-corrected chi connectivity index (χ0v) is 15.9. The summed E-state index contributed by atoms with van der Waals surface area (Å²) in [7, 11) is 1.79. The van der Waals surface area contributed by atoms with Gasteiger partial charge in [0.15, 0.2) is 5.96 Å². The first kappa shape index (κ1) is 19.0. The van der Waals surface area contributed by atoms with E-state index >= 15 is 0 Å². The molecule has 2 aromatic carbocycles. The van der Waals surface area contributed by atoms with Crippen molar-refractivity contribution in [3.05, 3.63) is 71.3 Å². The fourth-order valence-electron chi connectivity index (χ4n) is 3.23. The lowest BCUT2D eigenvalue weighted by Crippen LogP contribution is -2.37. The number of guanidine groups is 1. The van der Waals surface area contributed by atoms with E-state index in [0.717, 1.165) is 38.4 Å². The molecule has 5 nitrogen and oxygen atoms in total. The SMILES string of the molecule is CN=C(NCCc1ccccc1)NCc1ccc(CN2CCCC2=O)cc1. The third kappa shape index (κ3) is 5.84. The summed E-state index contributed by atoms with van der Waals surface area (Å²) in [5.74, 6) is 1.07. The van der Waals surface area contributed by atoms with Crippen LogP contribution in [0.25, 0.3) is 0 Å². The second kappa shape index (κ2) is 9.76. The molecule has 1 aliphatic rings. The average Bonchev–Trinajstić information content (AvgIpc) is 3.11. The molecule has 142 valence electrons. The van der Waals surface area contributed by atoms with E-state index in [1.165, 1.54) is 16.7 Å².